The highest BCUT2D eigenvalue weighted by Crippen LogP contribution is 2.39. The number of hydrogen-bond acceptors (Lipinski definition) is 2. The molecule has 5 heteroatoms. The van der Waals surface area contributed by atoms with Crippen molar-refractivity contribution in [1.29, 1.82) is 0 Å². The third-order valence-corrected chi connectivity index (χ3v) is 4.55. The molecule has 1 rings (SSSR count). The fraction of sp³-hybridized carbons (Fsp3) is 0.941. The number of unbranched alkanes of at least 4 members (excludes halogenated alkanes) is 2. The number of aliphatic hydroxyl groups excluding tert-OH is 1. The number of halogens is 1. The van der Waals surface area contributed by atoms with Gasteiger partial charge in [-0.2, -0.15) is 0 Å². The van der Waals surface area contributed by atoms with E-state index in [0.29, 0.717) is 0 Å². The predicted molar refractivity (Wildman–Crippen MR) is 106 cm³/mol. The van der Waals surface area contributed by atoms with Gasteiger partial charge in [-0.1, -0.05) is 39.0 Å². The maximum atomic E-state index is 9.37. The molecule has 0 aromatic carbocycles. The lowest BCUT2D eigenvalue weighted by molar-refractivity contribution is 0.137. The van der Waals surface area contributed by atoms with Gasteiger partial charge in [0.25, 0.3) is 0 Å². The maximum absolute atomic E-state index is 9.37. The second-order valence-corrected chi connectivity index (χ2v) is 6.36. The van der Waals surface area contributed by atoms with Gasteiger partial charge in [0.05, 0.1) is 0 Å². The first-order valence-corrected chi connectivity index (χ1v) is 8.89. The summed E-state index contributed by atoms with van der Waals surface area (Å²) < 4.78 is 0. The molecule has 0 aromatic rings. The smallest absolute Gasteiger partial charge is 0.191 e. The lowest BCUT2D eigenvalue weighted by atomic mass is 9.72. The first-order chi connectivity index (χ1) is 10.3. The van der Waals surface area contributed by atoms with E-state index in [1.807, 2.05) is 0 Å². The first kappa shape index (κ1) is 22.0. The van der Waals surface area contributed by atoms with Crippen LogP contribution < -0.4 is 10.6 Å². The van der Waals surface area contributed by atoms with Crippen molar-refractivity contribution in [2.75, 3.05) is 26.2 Å². The second kappa shape index (κ2) is 13.4. The van der Waals surface area contributed by atoms with Gasteiger partial charge in [0, 0.05) is 26.2 Å². The highest BCUT2D eigenvalue weighted by Gasteiger charge is 2.31. The van der Waals surface area contributed by atoms with Crippen LogP contribution in [-0.4, -0.2) is 37.3 Å². The number of aliphatic imine (C=N–C) groups is 1. The molecule has 0 unspecified atom stereocenters. The number of aliphatic hydroxyl groups is 1. The van der Waals surface area contributed by atoms with Crippen LogP contribution in [0.3, 0.4) is 0 Å². The van der Waals surface area contributed by atoms with Gasteiger partial charge in [-0.25, -0.2) is 0 Å². The average molecular weight is 425 g/mol. The zero-order valence-corrected chi connectivity index (χ0v) is 16.8. The van der Waals surface area contributed by atoms with Crippen molar-refractivity contribution in [3.63, 3.8) is 0 Å². The zero-order chi connectivity index (χ0) is 15.4. The molecule has 0 bridgehead atoms. The largest absolute Gasteiger partial charge is 0.396 e. The predicted octanol–water partition coefficient (Wildman–Crippen LogP) is 3.68. The van der Waals surface area contributed by atoms with Gasteiger partial charge >= 0.3 is 0 Å². The summed E-state index contributed by atoms with van der Waals surface area (Å²) in [6.45, 7) is 7.35. The van der Waals surface area contributed by atoms with Crippen molar-refractivity contribution in [3.05, 3.63) is 0 Å². The summed E-state index contributed by atoms with van der Waals surface area (Å²) in [7, 11) is 0. The van der Waals surface area contributed by atoms with Crippen LogP contribution in [0.2, 0.25) is 0 Å². The minimum Gasteiger partial charge on any atom is -0.396 e. The number of hydrogen-bond donors (Lipinski definition) is 3. The fourth-order valence-corrected chi connectivity index (χ4v) is 3.20. The van der Waals surface area contributed by atoms with Crippen LogP contribution in [0.4, 0.5) is 0 Å². The van der Waals surface area contributed by atoms with Gasteiger partial charge in [-0.15, -0.1) is 24.0 Å². The van der Waals surface area contributed by atoms with Crippen LogP contribution in [0.1, 0.15) is 71.6 Å². The summed E-state index contributed by atoms with van der Waals surface area (Å²) in [5.41, 5.74) is 0.235. The van der Waals surface area contributed by atoms with Crippen molar-refractivity contribution in [3.8, 4) is 0 Å². The van der Waals surface area contributed by atoms with Crippen LogP contribution in [0.25, 0.3) is 0 Å². The Kier molecular flexibility index (Phi) is 13.4. The van der Waals surface area contributed by atoms with Crippen molar-refractivity contribution in [2.45, 2.75) is 71.6 Å². The van der Waals surface area contributed by atoms with E-state index in [0.717, 1.165) is 32.0 Å². The topological polar surface area (TPSA) is 56.7 Å². The molecule has 0 amide bonds. The van der Waals surface area contributed by atoms with Crippen LogP contribution in [0.15, 0.2) is 4.99 Å². The number of guanidine groups is 1. The molecule has 0 radical (unpaired) electrons. The Morgan fingerprint density at radius 2 is 1.82 bits per heavy atom. The lowest BCUT2D eigenvalue weighted by Gasteiger charge is -2.35. The molecular formula is C17H36IN3O. The van der Waals surface area contributed by atoms with E-state index in [1.165, 1.54) is 51.4 Å². The fourth-order valence-electron chi connectivity index (χ4n) is 3.20. The van der Waals surface area contributed by atoms with Crippen LogP contribution in [-0.2, 0) is 0 Å². The van der Waals surface area contributed by atoms with E-state index >= 15 is 0 Å². The molecule has 1 aliphatic carbocycles. The summed E-state index contributed by atoms with van der Waals surface area (Å²) >= 11 is 0. The van der Waals surface area contributed by atoms with Crippen molar-refractivity contribution in [1.82, 2.24) is 10.6 Å². The van der Waals surface area contributed by atoms with Gasteiger partial charge in [0.15, 0.2) is 5.96 Å². The monoisotopic (exact) mass is 425 g/mol. The van der Waals surface area contributed by atoms with E-state index in [-0.39, 0.29) is 36.0 Å². The molecule has 0 aromatic heterocycles. The van der Waals surface area contributed by atoms with Gasteiger partial charge in [-0.05, 0) is 38.0 Å². The molecule has 0 atom stereocenters. The van der Waals surface area contributed by atoms with E-state index in [9.17, 15) is 5.11 Å². The van der Waals surface area contributed by atoms with E-state index in [4.69, 9.17) is 4.99 Å². The molecule has 22 heavy (non-hydrogen) atoms. The summed E-state index contributed by atoms with van der Waals surface area (Å²) in [4.78, 5) is 4.81. The van der Waals surface area contributed by atoms with E-state index in [2.05, 4.69) is 24.5 Å². The van der Waals surface area contributed by atoms with Gasteiger partial charge in [0.2, 0.25) is 0 Å². The Morgan fingerprint density at radius 3 is 2.41 bits per heavy atom. The molecule has 0 aliphatic heterocycles. The molecule has 1 aliphatic rings. The lowest BCUT2D eigenvalue weighted by Crippen LogP contribution is -2.39. The Labute approximate surface area is 154 Å². The Bertz CT molecular complexity index is 286. The average Bonchev–Trinajstić information content (AvgIpc) is 2.50. The molecule has 1 saturated carbocycles. The molecule has 0 saturated heterocycles. The molecule has 0 heterocycles. The van der Waals surface area contributed by atoms with Crippen LogP contribution in [0.5, 0.6) is 0 Å². The number of nitrogens with one attached hydrogen (secondary N) is 2. The van der Waals surface area contributed by atoms with Crippen LogP contribution >= 0.6 is 24.0 Å². The molecular weight excluding hydrogens is 389 g/mol. The third kappa shape index (κ3) is 8.56. The summed E-state index contributed by atoms with van der Waals surface area (Å²) in [5.74, 6) is 0.941. The second-order valence-electron chi connectivity index (χ2n) is 6.36. The molecule has 132 valence electrons. The molecule has 4 nitrogen and oxygen atoms in total. The quantitative estimate of drug-likeness (QED) is 0.229. The molecule has 1 fully saturated rings. The maximum Gasteiger partial charge on any atom is 0.191 e. The summed E-state index contributed by atoms with van der Waals surface area (Å²) in [6.07, 6.45) is 10.9. The third-order valence-electron chi connectivity index (χ3n) is 4.55. The molecule has 0 spiro atoms. The van der Waals surface area contributed by atoms with E-state index < -0.39 is 0 Å². The van der Waals surface area contributed by atoms with Crippen molar-refractivity contribution < 1.29 is 5.11 Å². The van der Waals surface area contributed by atoms with E-state index in [1.54, 1.807) is 0 Å². The standard InChI is InChI=1S/C17H35N3O.HI/c1-3-5-9-13-19-16(18-4-2)20-15-17(12-14-21)10-7-6-8-11-17;/h21H,3-15H2,1-2H3,(H2,18,19,20);1H. The van der Waals surface area contributed by atoms with Gasteiger partial charge in [-0.3, -0.25) is 4.99 Å². The summed E-state index contributed by atoms with van der Waals surface area (Å²) in [6, 6.07) is 0. The minimum absolute atomic E-state index is 0. The first-order valence-electron chi connectivity index (χ1n) is 8.89. The summed E-state index contributed by atoms with van der Waals surface area (Å²) in [5, 5.41) is 16.1. The van der Waals surface area contributed by atoms with Crippen molar-refractivity contribution >= 4 is 29.9 Å². The zero-order valence-electron chi connectivity index (χ0n) is 14.5. The van der Waals surface area contributed by atoms with Gasteiger partial charge in [0.1, 0.15) is 0 Å². The number of rotatable bonds is 9. The Morgan fingerprint density at radius 1 is 1.09 bits per heavy atom. The Hall–Kier alpha value is -0.0400. The number of nitrogens with zero attached hydrogens (tertiary/aromatic N) is 1. The Balaban J connectivity index is 0.00000441. The highest BCUT2D eigenvalue weighted by molar-refractivity contribution is 14.0. The normalized spacial score (nSPS) is 17.7. The SMILES string of the molecule is CCCCCNC(=NCC1(CCO)CCCCC1)NCC.I. The van der Waals surface area contributed by atoms with Crippen LogP contribution in [0, 0.1) is 5.41 Å². The van der Waals surface area contributed by atoms with Gasteiger partial charge < -0.3 is 15.7 Å². The highest BCUT2D eigenvalue weighted by atomic mass is 127. The molecule has 3 N–H and O–H groups in total. The minimum atomic E-state index is 0. The van der Waals surface area contributed by atoms with Crippen molar-refractivity contribution in [2.24, 2.45) is 10.4 Å².